The molecule has 0 saturated carbocycles. The minimum absolute atomic E-state index is 0.138. The van der Waals surface area contributed by atoms with Gasteiger partial charge in [0.05, 0.1) is 5.69 Å². The molecule has 1 heterocycles. The summed E-state index contributed by atoms with van der Waals surface area (Å²) >= 11 is 7.19. The van der Waals surface area contributed by atoms with Crippen molar-refractivity contribution in [3.05, 3.63) is 75.5 Å². The summed E-state index contributed by atoms with van der Waals surface area (Å²) in [7, 11) is 0. The standard InChI is InChI=1S/C18H14ClFN2OS/c1-11-16(17(23)21-10-13-4-2-3-5-15(13)20)24-18(22-11)12-6-8-14(19)9-7-12/h2-9H,10H2,1H3,(H,21,23). The van der Waals surface area contributed by atoms with Gasteiger partial charge >= 0.3 is 0 Å². The third kappa shape index (κ3) is 3.63. The lowest BCUT2D eigenvalue weighted by Gasteiger charge is -2.05. The average Bonchev–Trinajstić information content (AvgIpc) is 2.96. The van der Waals surface area contributed by atoms with Crippen molar-refractivity contribution in [2.45, 2.75) is 13.5 Å². The van der Waals surface area contributed by atoms with E-state index < -0.39 is 0 Å². The van der Waals surface area contributed by atoms with Crippen LogP contribution in [0.25, 0.3) is 10.6 Å². The number of thiazole rings is 1. The molecule has 0 saturated heterocycles. The number of amides is 1. The Kier molecular flexibility index (Phi) is 4.92. The first-order valence-corrected chi connectivity index (χ1v) is 8.49. The Morgan fingerprint density at radius 1 is 1.21 bits per heavy atom. The Morgan fingerprint density at radius 3 is 2.62 bits per heavy atom. The van der Waals surface area contributed by atoms with Crippen LogP contribution >= 0.6 is 22.9 Å². The highest BCUT2D eigenvalue weighted by atomic mass is 35.5. The van der Waals surface area contributed by atoms with Crippen LogP contribution < -0.4 is 5.32 Å². The summed E-state index contributed by atoms with van der Waals surface area (Å²) in [5.41, 5.74) is 2.00. The van der Waals surface area contributed by atoms with Gasteiger partial charge in [0.15, 0.2) is 0 Å². The Bertz CT molecular complexity index is 877. The Hall–Kier alpha value is -2.24. The summed E-state index contributed by atoms with van der Waals surface area (Å²) in [6, 6.07) is 13.7. The highest BCUT2D eigenvalue weighted by Crippen LogP contribution is 2.28. The fourth-order valence-electron chi connectivity index (χ4n) is 2.22. The van der Waals surface area contributed by atoms with E-state index in [1.54, 1.807) is 37.3 Å². The van der Waals surface area contributed by atoms with Crippen molar-refractivity contribution in [3.63, 3.8) is 0 Å². The van der Waals surface area contributed by atoms with Crippen molar-refractivity contribution >= 4 is 28.8 Å². The zero-order chi connectivity index (χ0) is 17.1. The van der Waals surface area contributed by atoms with Gasteiger partial charge in [-0.15, -0.1) is 11.3 Å². The van der Waals surface area contributed by atoms with E-state index in [-0.39, 0.29) is 18.3 Å². The third-order valence-corrected chi connectivity index (χ3v) is 4.95. The molecule has 3 aromatic rings. The lowest BCUT2D eigenvalue weighted by molar-refractivity contribution is 0.0954. The molecule has 0 unspecified atom stereocenters. The SMILES string of the molecule is Cc1nc(-c2ccc(Cl)cc2)sc1C(=O)NCc1ccccc1F. The lowest BCUT2D eigenvalue weighted by Crippen LogP contribution is -2.23. The summed E-state index contributed by atoms with van der Waals surface area (Å²) in [6.45, 7) is 1.92. The van der Waals surface area contributed by atoms with E-state index >= 15 is 0 Å². The Balaban J connectivity index is 1.76. The van der Waals surface area contributed by atoms with E-state index in [1.165, 1.54) is 17.4 Å². The van der Waals surface area contributed by atoms with Crippen LogP contribution in [0.15, 0.2) is 48.5 Å². The van der Waals surface area contributed by atoms with Crippen LogP contribution in [0.1, 0.15) is 20.9 Å². The fourth-order valence-corrected chi connectivity index (χ4v) is 3.33. The van der Waals surface area contributed by atoms with Crippen LogP contribution in [-0.4, -0.2) is 10.9 Å². The van der Waals surface area contributed by atoms with Gasteiger partial charge in [-0.05, 0) is 25.1 Å². The molecule has 6 heteroatoms. The second-order valence-electron chi connectivity index (χ2n) is 5.21. The molecule has 0 atom stereocenters. The fraction of sp³-hybridized carbons (Fsp3) is 0.111. The van der Waals surface area contributed by atoms with Crippen LogP contribution in [0.4, 0.5) is 4.39 Å². The van der Waals surface area contributed by atoms with Gasteiger partial charge in [-0.1, -0.05) is 41.9 Å². The number of aryl methyl sites for hydroxylation is 1. The second-order valence-corrected chi connectivity index (χ2v) is 6.65. The van der Waals surface area contributed by atoms with E-state index in [0.29, 0.717) is 21.2 Å². The highest BCUT2D eigenvalue weighted by Gasteiger charge is 2.16. The van der Waals surface area contributed by atoms with Gasteiger partial charge in [-0.2, -0.15) is 0 Å². The summed E-state index contributed by atoms with van der Waals surface area (Å²) in [6.07, 6.45) is 0. The first-order chi connectivity index (χ1) is 11.5. The van der Waals surface area contributed by atoms with Gasteiger partial charge < -0.3 is 5.32 Å². The van der Waals surface area contributed by atoms with Gasteiger partial charge in [-0.3, -0.25) is 4.79 Å². The van der Waals surface area contributed by atoms with E-state index in [9.17, 15) is 9.18 Å². The molecule has 0 aliphatic heterocycles. The predicted molar refractivity (Wildman–Crippen MR) is 94.9 cm³/mol. The van der Waals surface area contributed by atoms with Gasteiger partial charge in [0.2, 0.25) is 0 Å². The number of carbonyl (C=O) groups is 1. The summed E-state index contributed by atoms with van der Waals surface area (Å²) in [5, 5.41) is 4.14. The van der Waals surface area contributed by atoms with Crippen molar-refractivity contribution in [1.29, 1.82) is 0 Å². The maximum Gasteiger partial charge on any atom is 0.263 e. The summed E-state index contributed by atoms with van der Waals surface area (Å²) in [4.78, 5) is 17.3. The van der Waals surface area contributed by atoms with Gasteiger partial charge in [-0.25, -0.2) is 9.37 Å². The van der Waals surface area contributed by atoms with E-state index in [4.69, 9.17) is 11.6 Å². The van der Waals surface area contributed by atoms with Crippen molar-refractivity contribution in [3.8, 4) is 10.6 Å². The van der Waals surface area contributed by atoms with Gasteiger partial charge in [0.25, 0.3) is 5.91 Å². The molecule has 1 amide bonds. The minimum Gasteiger partial charge on any atom is -0.347 e. The van der Waals surface area contributed by atoms with Gasteiger partial charge in [0, 0.05) is 22.7 Å². The number of hydrogen-bond acceptors (Lipinski definition) is 3. The molecule has 0 radical (unpaired) electrons. The first kappa shape index (κ1) is 16.6. The van der Waals surface area contributed by atoms with E-state index in [1.807, 2.05) is 12.1 Å². The molecule has 0 spiro atoms. The van der Waals surface area contributed by atoms with Crippen LogP contribution in [0, 0.1) is 12.7 Å². The van der Waals surface area contributed by atoms with Crippen LogP contribution in [0.2, 0.25) is 5.02 Å². The highest BCUT2D eigenvalue weighted by molar-refractivity contribution is 7.17. The molecule has 24 heavy (non-hydrogen) atoms. The van der Waals surface area contributed by atoms with Gasteiger partial charge in [0.1, 0.15) is 15.7 Å². The molecule has 0 aliphatic carbocycles. The molecular formula is C18H14ClFN2OS. The van der Waals surface area contributed by atoms with Crippen molar-refractivity contribution < 1.29 is 9.18 Å². The third-order valence-electron chi connectivity index (χ3n) is 3.49. The molecule has 1 aromatic heterocycles. The number of aromatic nitrogens is 1. The largest absolute Gasteiger partial charge is 0.347 e. The monoisotopic (exact) mass is 360 g/mol. The molecule has 1 N–H and O–H groups in total. The molecule has 0 fully saturated rings. The quantitative estimate of drug-likeness (QED) is 0.723. The van der Waals surface area contributed by atoms with Crippen LogP contribution in [-0.2, 0) is 6.54 Å². The molecule has 3 rings (SSSR count). The normalized spacial score (nSPS) is 10.6. The number of halogens is 2. The Labute approximate surface area is 148 Å². The topological polar surface area (TPSA) is 42.0 Å². The number of carbonyl (C=O) groups excluding carboxylic acids is 1. The molecular weight excluding hydrogens is 347 g/mol. The maximum atomic E-state index is 13.6. The smallest absolute Gasteiger partial charge is 0.263 e. The van der Waals surface area contributed by atoms with Crippen molar-refractivity contribution in [2.75, 3.05) is 0 Å². The lowest BCUT2D eigenvalue weighted by atomic mass is 10.2. The molecule has 3 nitrogen and oxygen atoms in total. The molecule has 0 aliphatic rings. The van der Waals surface area contributed by atoms with E-state index in [2.05, 4.69) is 10.3 Å². The molecule has 0 bridgehead atoms. The number of nitrogens with one attached hydrogen (secondary N) is 1. The average molecular weight is 361 g/mol. The zero-order valence-electron chi connectivity index (χ0n) is 12.8. The summed E-state index contributed by atoms with van der Waals surface area (Å²) < 4.78 is 13.6. The number of hydrogen-bond donors (Lipinski definition) is 1. The first-order valence-electron chi connectivity index (χ1n) is 7.29. The van der Waals surface area contributed by atoms with Crippen LogP contribution in [0.5, 0.6) is 0 Å². The summed E-state index contributed by atoms with van der Waals surface area (Å²) in [5.74, 6) is -0.589. The van der Waals surface area contributed by atoms with Crippen LogP contribution in [0.3, 0.4) is 0 Å². The van der Waals surface area contributed by atoms with Crippen molar-refractivity contribution in [1.82, 2.24) is 10.3 Å². The number of rotatable bonds is 4. The van der Waals surface area contributed by atoms with E-state index in [0.717, 1.165) is 10.6 Å². The number of benzene rings is 2. The molecule has 2 aromatic carbocycles. The Morgan fingerprint density at radius 2 is 1.92 bits per heavy atom. The minimum atomic E-state index is -0.333. The number of nitrogens with zero attached hydrogens (tertiary/aromatic N) is 1. The van der Waals surface area contributed by atoms with Crippen molar-refractivity contribution in [2.24, 2.45) is 0 Å². The zero-order valence-corrected chi connectivity index (χ0v) is 14.4. The molecule has 122 valence electrons. The maximum absolute atomic E-state index is 13.6. The second kappa shape index (κ2) is 7.11. The predicted octanol–water partition coefficient (Wildman–Crippen LogP) is 4.84.